The molecule has 3 aromatic heterocycles. The topological polar surface area (TPSA) is 47.9 Å². The van der Waals surface area contributed by atoms with Gasteiger partial charge < -0.3 is 4.74 Å². The van der Waals surface area contributed by atoms with Gasteiger partial charge in [0.15, 0.2) is 0 Å². The van der Waals surface area contributed by atoms with E-state index in [0.717, 1.165) is 31.7 Å². The van der Waals surface area contributed by atoms with Crippen molar-refractivity contribution in [1.29, 1.82) is 0 Å². The molecule has 4 nitrogen and oxygen atoms in total. The number of aryl methyl sites for hydroxylation is 1. The average molecular weight is 379 g/mol. The van der Waals surface area contributed by atoms with Crippen molar-refractivity contribution in [2.75, 3.05) is 13.2 Å². The minimum absolute atomic E-state index is 0.271. The summed E-state index contributed by atoms with van der Waals surface area (Å²) in [5.41, 5.74) is 2.88. The van der Waals surface area contributed by atoms with Gasteiger partial charge in [0.1, 0.15) is 11.4 Å². The van der Waals surface area contributed by atoms with Gasteiger partial charge in [-0.3, -0.25) is 9.97 Å². The minimum Gasteiger partial charge on any atom is -0.381 e. The fourth-order valence-electron chi connectivity index (χ4n) is 3.42. The smallest absolute Gasteiger partial charge is 0.281 e. The van der Waals surface area contributed by atoms with Crippen LogP contribution in [0.1, 0.15) is 53.4 Å². The van der Waals surface area contributed by atoms with E-state index < -0.39 is 6.43 Å². The lowest BCUT2D eigenvalue weighted by Gasteiger charge is -2.21. The molecule has 0 atom stereocenters. The normalized spacial score (nSPS) is 14.9. The van der Waals surface area contributed by atoms with Crippen LogP contribution in [-0.2, 0) is 4.74 Å². The zero-order valence-corrected chi connectivity index (χ0v) is 15.5. The molecule has 1 aliphatic rings. The molecule has 0 N–H and O–H groups in total. The molecule has 0 spiro atoms. The van der Waals surface area contributed by atoms with E-state index in [-0.39, 0.29) is 5.69 Å². The zero-order valence-electron chi connectivity index (χ0n) is 15.5. The van der Waals surface area contributed by atoms with Crippen LogP contribution in [0.25, 0.3) is 10.8 Å². The van der Waals surface area contributed by atoms with E-state index in [9.17, 15) is 8.78 Å². The van der Waals surface area contributed by atoms with E-state index in [1.807, 2.05) is 19.2 Å². The van der Waals surface area contributed by atoms with Gasteiger partial charge in [-0.05, 0) is 49.3 Å². The molecular formula is C22H19F2N3O. The van der Waals surface area contributed by atoms with E-state index >= 15 is 0 Å². The lowest BCUT2D eigenvalue weighted by Crippen LogP contribution is -2.14. The number of hydrogen-bond donors (Lipinski definition) is 0. The van der Waals surface area contributed by atoms with E-state index in [1.54, 1.807) is 6.07 Å². The van der Waals surface area contributed by atoms with Crippen molar-refractivity contribution in [3.8, 4) is 11.8 Å². The number of nitrogens with zero attached hydrogens (tertiary/aromatic N) is 3. The quantitative estimate of drug-likeness (QED) is 0.612. The van der Waals surface area contributed by atoms with Gasteiger partial charge in [0.05, 0.1) is 5.56 Å². The average Bonchev–Trinajstić information content (AvgIpc) is 2.72. The second kappa shape index (κ2) is 7.99. The van der Waals surface area contributed by atoms with Crippen LogP contribution in [0.3, 0.4) is 0 Å². The summed E-state index contributed by atoms with van der Waals surface area (Å²) in [6, 6.07) is 5.71. The summed E-state index contributed by atoms with van der Waals surface area (Å²) >= 11 is 0. The molecule has 3 aromatic rings. The number of rotatable bonds is 2. The molecule has 0 aromatic carbocycles. The van der Waals surface area contributed by atoms with Crippen LogP contribution in [0.2, 0.25) is 0 Å². The number of hydrogen-bond acceptors (Lipinski definition) is 4. The third-order valence-corrected chi connectivity index (χ3v) is 4.95. The molecule has 142 valence electrons. The third kappa shape index (κ3) is 3.85. The predicted octanol–water partition coefficient (Wildman–Crippen LogP) is 4.56. The maximum Gasteiger partial charge on any atom is 0.281 e. The summed E-state index contributed by atoms with van der Waals surface area (Å²) in [4.78, 5) is 12.5. The molecule has 4 heterocycles. The van der Waals surface area contributed by atoms with E-state index in [2.05, 4.69) is 32.9 Å². The first-order chi connectivity index (χ1) is 13.6. The standard InChI is InChI=1S/C22H19F2N3O/c1-14-10-19-17(12-27-21(22(23)24)20(19)13-25-14)3-5-18-4-2-16(11-26-18)15-6-8-28-9-7-15/h2,4,10-13,15,22H,6-9H2,1H3. The molecule has 1 aliphatic heterocycles. The van der Waals surface area contributed by atoms with Crippen LogP contribution in [0, 0.1) is 18.8 Å². The van der Waals surface area contributed by atoms with Gasteiger partial charge in [0, 0.05) is 48.3 Å². The first kappa shape index (κ1) is 18.5. The molecule has 4 rings (SSSR count). The summed E-state index contributed by atoms with van der Waals surface area (Å²) in [5, 5.41) is 0.958. The highest BCUT2D eigenvalue weighted by molar-refractivity contribution is 5.89. The highest BCUT2D eigenvalue weighted by atomic mass is 19.3. The third-order valence-electron chi connectivity index (χ3n) is 4.95. The molecule has 0 amide bonds. The molecule has 28 heavy (non-hydrogen) atoms. The second-order valence-corrected chi connectivity index (χ2v) is 6.84. The van der Waals surface area contributed by atoms with Gasteiger partial charge in [0.2, 0.25) is 0 Å². The maximum absolute atomic E-state index is 13.2. The molecule has 0 bridgehead atoms. The van der Waals surface area contributed by atoms with Crippen molar-refractivity contribution >= 4 is 10.8 Å². The van der Waals surface area contributed by atoms with E-state index in [4.69, 9.17) is 4.74 Å². The minimum atomic E-state index is -2.66. The Labute approximate surface area is 162 Å². The fourth-order valence-corrected chi connectivity index (χ4v) is 3.42. The zero-order chi connectivity index (χ0) is 19.5. The largest absolute Gasteiger partial charge is 0.381 e. The van der Waals surface area contributed by atoms with Crippen LogP contribution >= 0.6 is 0 Å². The second-order valence-electron chi connectivity index (χ2n) is 6.84. The van der Waals surface area contributed by atoms with Gasteiger partial charge in [0.25, 0.3) is 6.43 Å². The first-order valence-electron chi connectivity index (χ1n) is 9.21. The number of aromatic nitrogens is 3. The molecule has 1 saturated heterocycles. The Kier molecular flexibility index (Phi) is 5.27. The van der Waals surface area contributed by atoms with Crippen LogP contribution in [-0.4, -0.2) is 28.2 Å². The van der Waals surface area contributed by atoms with Crippen molar-refractivity contribution in [3.05, 3.63) is 65.0 Å². The Bertz CT molecular complexity index is 1050. The Morgan fingerprint density at radius 1 is 1.00 bits per heavy atom. The molecule has 1 fully saturated rings. The van der Waals surface area contributed by atoms with Gasteiger partial charge in [-0.2, -0.15) is 0 Å². The van der Waals surface area contributed by atoms with Crippen LogP contribution in [0.15, 0.2) is 36.8 Å². The Morgan fingerprint density at radius 3 is 2.54 bits per heavy atom. The highest BCUT2D eigenvalue weighted by Gasteiger charge is 2.17. The van der Waals surface area contributed by atoms with Crippen LogP contribution in [0.5, 0.6) is 0 Å². The number of alkyl halides is 2. The van der Waals surface area contributed by atoms with E-state index in [0.29, 0.717) is 27.9 Å². The van der Waals surface area contributed by atoms with Gasteiger partial charge in [-0.25, -0.2) is 13.8 Å². The maximum atomic E-state index is 13.2. The monoisotopic (exact) mass is 379 g/mol. The highest BCUT2D eigenvalue weighted by Crippen LogP contribution is 2.28. The summed E-state index contributed by atoms with van der Waals surface area (Å²) in [5.74, 6) is 6.53. The van der Waals surface area contributed by atoms with Crippen molar-refractivity contribution < 1.29 is 13.5 Å². The first-order valence-corrected chi connectivity index (χ1v) is 9.21. The number of halogens is 2. The molecule has 0 unspecified atom stereocenters. The van der Waals surface area contributed by atoms with Crippen molar-refractivity contribution in [1.82, 2.24) is 15.0 Å². The summed E-state index contributed by atoms with van der Waals surface area (Å²) in [6.07, 6.45) is 4.05. The van der Waals surface area contributed by atoms with Gasteiger partial charge >= 0.3 is 0 Å². The number of fused-ring (bicyclic) bond motifs is 1. The van der Waals surface area contributed by atoms with Gasteiger partial charge in [-0.1, -0.05) is 12.0 Å². The van der Waals surface area contributed by atoms with Crippen LogP contribution < -0.4 is 0 Å². The van der Waals surface area contributed by atoms with Gasteiger partial charge in [-0.15, -0.1) is 0 Å². The summed E-state index contributed by atoms with van der Waals surface area (Å²) < 4.78 is 31.9. The van der Waals surface area contributed by atoms with Crippen molar-refractivity contribution in [2.45, 2.75) is 32.1 Å². The SMILES string of the molecule is Cc1cc2c(C#Cc3ccc(C4CCOCC4)cn3)cnc(C(F)F)c2cn1. The van der Waals surface area contributed by atoms with Crippen molar-refractivity contribution in [3.63, 3.8) is 0 Å². The lowest BCUT2D eigenvalue weighted by molar-refractivity contribution is 0.0853. The van der Waals surface area contributed by atoms with E-state index in [1.165, 1.54) is 18.0 Å². The van der Waals surface area contributed by atoms with Crippen molar-refractivity contribution in [2.24, 2.45) is 0 Å². The molecule has 6 heteroatoms. The Balaban J connectivity index is 1.65. The number of ether oxygens (including phenoxy) is 1. The fraction of sp³-hybridized carbons (Fsp3) is 0.318. The van der Waals surface area contributed by atoms with Crippen LogP contribution in [0.4, 0.5) is 8.78 Å². The molecular weight excluding hydrogens is 360 g/mol. The molecule has 0 saturated carbocycles. The molecule has 0 radical (unpaired) electrons. The number of pyridine rings is 3. The Hall–Kier alpha value is -2.91. The molecule has 0 aliphatic carbocycles. The summed E-state index contributed by atoms with van der Waals surface area (Å²) in [7, 11) is 0. The Morgan fingerprint density at radius 2 is 1.82 bits per heavy atom. The summed E-state index contributed by atoms with van der Waals surface area (Å²) in [6.45, 7) is 3.39. The lowest BCUT2D eigenvalue weighted by atomic mass is 9.93. The predicted molar refractivity (Wildman–Crippen MR) is 102 cm³/mol.